The van der Waals surface area contributed by atoms with Crippen LogP contribution in [0.4, 0.5) is 5.69 Å². The molecule has 3 nitrogen and oxygen atoms in total. The zero-order valence-electron chi connectivity index (χ0n) is 10.9. The molecule has 1 N–H and O–H groups in total. The van der Waals surface area contributed by atoms with Crippen LogP contribution in [0.5, 0.6) is 0 Å². The summed E-state index contributed by atoms with van der Waals surface area (Å²) in [5.74, 6) is 0. The molecule has 94 valence electrons. The Morgan fingerprint density at radius 2 is 2.06 bits per heavy atom. The van der Waals surface area contributed by atoms with Gasteiger partial charge in [-0.1, -0.05) is 0 Å². The summed E-state index contributed by atoms with van der Waals surface area (Å²) < 4.78 is 2.19. The Labute approximate surface area is 107 Å². The predicted molar refractivity (Wildman–Crippen MR) is 73.1 cm³/mol. The van der Waals surface area contributed by atoms with Gasteiger partial charge in [-0.25, -0.2) is 0 Å². The van der Waals surface area contributed by atoms with Crippen molar-refractivity contribution in [2.45, 2.75) is 25.9 Å². The van der Waals surface area contributed by atoms with Crippen molar-refractivity contribution in [2.75, 3.05) is 18.0 Å². The summed E-state index contributed by atoms with van der Waals surface area (Å²) in [6.07, 6.45) is 1.61. The highest BCUT2D eigenvalue weighted by Crippen LogP contribution is 2.40. The highest BCUT2D eigenvalue weighted by atomic mass is 16.3. The van der Waals surface area contributed by atoms with Crippen LogP contribution >= 0.6 is 0 Å². The standard InChI is InChI=1S/C15H18N2O/c1-9-7-11-10-3-4-14(18)15(10)16(2)13(11)8-12(9)17-5-6-17/h7-8,14,18H,3-6H2,1-2H3. The van der Waals surface area contributed by atoms with Crippen LogP contribution in [0.15, 0.2) is 12.1 Å². The van der Waals surface area contributed by atoms with Gasteiger partial charge in [0.25, 0.3) is 0 Å². The molecule has 0 radical (unpaired) electrons. The first kappa shape index (κ1) is 10.4. The molecule has 0 spiro atoms. The van der Waals surface area contributed by atoms with Crippen LogP contribution in [0.2, 0.25) is 0 Å². The molecule has 1 aliphatic heterocycles. The molecule has 4 rings (SSSR count). The highest BCUT2D eigenvalue weighted by molar-refractivity contribution is 5.90. The summed E-state index contributed by atoms with van der Waals surface area (Å²) in [7, 11) is 2.08. The molecular weight excluding hydrogens is 224 g/mol. The van der Waals surface area contributed by atoms with Crippen LogP contribution in [0.3, 0.4) is 0 Å². The van der Waals surface area contributed by atoms with Gasteiger partial charge in [0, 0.05) is 31.2 Å². The van der Waals surface area contributed by atoms with E-state index in [9.17, 15) is 5.11 Å². The van der Waals surface area contributed by atoms with Gasteiger partial charge >= 0.3 is 0 Å². The van der Waals surface area contributed by atoms with Crippen molar-refractivity contribution in [3.8, 4) is 0 Å². The summed E-state index contributed by atoms with van der Waals surface area (Å²) in [5, 5.41) is 11.4. The van der Waals surface area contributed by atoms with Gasteiger partial charge < -0.3 is 14.6 Å². The van der Waals surface area contributed by atoms with Crippen molar-refractivity contribution >= 4 is 16.6 Å². The van der Waals surface area contributed by atoms with Crippen molar-refractivity contribution in [3.63, 3.8) is 0 Å². The highest BCUT2D eigenvalue weighted by Gasteiger charge is 2.28. The molecule has 1 atom stereocenters. The summed E-state index contributed by atoms with van der Waals surface area (Å²) in [6.45, 7) is 4.55. The molecule has 1 aromatic carbocycles. The quantitative estimate of drug-likeness (QED) is 0.777. The normalized spacial score (nSPS) is 21.7. The summed E-state index contributed by atoms with van der Waals surface area (Å²) in [5.41, 5.74) is 6.48. The lowest BCUT2D eigenvalue weighted by Crippen LogP contribution is -2.00. The lowest BCUT2D eigenvalue weighted by molar-refractivity contribution is 0.172. The Morgan fingerprint density at radius 1 is 1.28 bits per heavy atom. The monoisotopic (exact) mass is 242 g/mol. The molecule has 3 heteroatoms. The Morgan fingerprint density at radius 3 is 2.78 bits per heavy atom. The first-order valence-corrected chi connectivity index (χ1v) is 6.71. The van der Waals surface area contributed by atoms with E-state index in [2.05, 4.69) is 35.6 Å². The fourth-order valence-electron chi connectivity index (χ4n) is 3.41. The lowest BCUT2D eigenvalue weighted by Gasteiger charge is -2.10. The molecule has 1 fully saturated rings. The number of aryl methyl sites for hydroxylation is 3. The maximum atomic E-state index is 10.1. The fourth-order valence-corrected chi connectivity index (χ4v) is 3.41. The maximum Gasteiger partial charge on any atom is 0.0946 e. The molecule has 1 aliphatic carbocycles. The van der Waals surface area contributed by atoms with Crippen molar-refractivity contribution < 1.29 is 5.11 Å². The number of benzene rings is 1. The van der Waals surface area contributed by atoms with Crippen LogP contribution in [0, 0.1) is 6.92 Å². The van der Waals surface area contributed by atoms with E-state index in [4.69, 9.17) is 0 Å². The van der Waals surface area contributed by atoms with Gasteiger partial charge in [0.05, 0.1) is 17.3 Å². The molecular formula is C15H18N2O. The van der Waals surface area contributed by atoms with E-state index in [0.717, 1.165) is 18.5 Å². The number of nitrogens with zero attached hydrogens (tertiary/aromatic N) is 2. The first-order valence-electron chi connectivity index (χ1n) is 6.71. The second-order valence-electron chi connectivity index (χ2n) is 5.62. The SMILES string of the molecule is Cc1cc2c3c(n(C)c2cc1N1CC1)C(O)CC3. The molecule has 18 heavy (non-hydrogen) atoms. The van der Waals surface area contributed by atoms with E-state index < -0.39 is 0 Å². The Hall–Kier alpha value is -1.48. The molecule has 2 heterocycles. The average molecular weight is 242 g/mol. The number of rotatable bonds is 1. The number of fused-ring (bicyclic) bond motifs is 3. The van der Waals surface area contributed by atoms with Crippen molar-refractivity contribution in [1.29, 1.82) is 0 Å². The molecule has 2 aromatic rings. The zero-order valence-corrected chi connectivity index (χ0v) is 10.9. The van der Waals surface area contributed by atoms with Crippen LogP contribution in [-0.4, -0.2) is 22.8 Å². The first-order chi connectivity index (χ1) is 8.66. The molecule has 0 amide bonds. The van der Waals surface area contributed by atoms with Crippen molar-refractivity contribution in [3.05, 3.63) is 29.0 Å². The number of aromatic nitrogens is 1. The van der Waals surface area contributed by atoms with E-state index in [1.807, 2.05) is 0 Å². The van der Waals surface area contributed by atoms with Gasteiger partial charge in [-0.3, -0.25) is 0 Å². The molecule has 0 bridgehead atoms. The zero-order chi connectivity index (χ0) is 12.4. The fraction of sp³-hybridized carbons (Fsp3) is 0.467. The van der Waals surface area contributed by atoms with Gasteiger partial charge in [-0.15, -0.1) is 0 Å². The van der Waals surface area contributed by atoms with Gasteiger partial charge in [0.2, 0.25) is 0 Å². The third kappa shape index (κ3) is 1.23. The lowest BCUT2D eigenvalue weighted by atomic mass is 10.1. The van der Waals surface area contributed by atoms with Crippen LogP contribution < -0.4 is 4.90 Å². The number of anilines is 1. The largest absolute Gasteiger partial charge is 0.387 e. The third-order valence-electron chi connectivity index (χ3n) is 4.44. The van der Waals surface area contributed by atoms with E-state index in [1.165, 1.54) is 40.8 Å². The molecule has 2 aliphatic rings. The van der Waals surface area contributed by atoms with Crippen LogP contribution in [-0.2, 0) is 13.5 Å². The van der Waals surface area contributed by atoms with Gasteiger partial charge in [-0.2, -0.15) is 0 Å². The smallest absolute Gasteiger partial charge is 0.0946 e. The Bertz CT molecular complexity index is 652. The van der Waals surface area contributed by atoms with Crippen LogP contribution in [0.25, 0.3) is 10.9 Å². The predicted octanol–water partition coefficient (Wildman–Crippen LogP) is 2.29. The Kier molecular flexibility index (Phi) is 1.91. The minimum Gasteiger partial charge on any atom is -0.387 e. The van der Waals surface area contributed by atoms with E-state index in [1.54, 1.807) is 0 Å². The van der Waals surface area contributed by atoms with Gasteiger partial charge in [0.1, 0.15) is 0 Å². The molecule has 1 saturated heterocycles. The second-order valence-corrected chi connectivity index (χ2v) is 5.62. The van der Waals surface area contributed by atoms with E-state index in [0.29, 0.717) is 0 Å². The summed E-state index contributed by atoms with van der Waals surface area (Å²) in [6, 6.07) is 4.60. The van der Waals surface area contributed by atoms with Gasteiger partial charge in [0.15, 0.2) is 0 Å². The van der Waals surface area contributed by atoms with E-state index >= 15 is 0 Å². The van der Waals surface area contributed by atoms with E-state index in [-0.39, 0.29) is 6.10 Å². The van der Waals surface area contributed by atoms with Crippen LogP contribution in [0.1, 0.15) is 29.3 Å². The third-order valence-corrected chi connectivity index (χ3v) is 4.44. The molecule has 0 saturated carbocycles. The van der Waals surface area contributed by atoms with Gasteiger partial charge in [-0.05, 0) is 43.0 Å². The Balaban J connectivity index is 2.03. The minimum absolute atomic E-state index is 0.276. The topological polar surface area (TPSA) is 28.2 Å². The number of aliphatic hydroxyl groups is 1. The average Bonchev–Trinajstić information content (AvgIpc) is 3.06. The summed E-state index contributed by atoms with van der Waals surface area (Å²) >= 11 is 0. The number of aliphatic hydroxyl groups excluding tert-OH is 1. The minimum atomic E-state index is -0.276. The van der Waals surface area contributed by atoms with Crippen molar-refractivity contribution in [1.82, 2.24) is 4.57 Å². The number of hydrogen-bond donors (Lipinski definition) is 1. The van der Waals surface area contributed by atoms with Crippen molar-refractivity contribution in [2.24, 2.45) is 7.05 Å². The number of hydrogen-bond acceptors (Lipinski definition) is 2. The molecule has 1 unspecified atom stereocenters. The summed E-state index contributed by atoms with van der Waals surface area (Å²) in [4.78, 5) is 2.39. The molecule has 1 aromatic heterocycles. The second kappa shape index (κ2) is 3.29. The maximum absolute atomic E-state index is 10.1.